The maximum atomic E-state index is 6.08. The van der Waals surface area contributed by atoms with Gasteiger partial charge in [0, 0.05) is 11.6 Å². The first-order chi connectivity index (χ1) is 12.5. The zero-order valence-electron chi connectivity index (χ0n) is 17.2. The Hall–Kier alpha value is -0.620. The van der Waals surface area contributed by atoms with Gasteiger partial charge in [-0.05, 0) is 51.6 Å². The molecule has 6 heteroatoms. The van der Waals surface area contributed by atoms with Crippen molar-refractivity contribution < 1.29 is 27.1 Å². The second-order valence-corrected chi connectivity index (χ2v) is 7.90. The predicted molar refractivity (Wildman–Crippen MR) is 107 cm³/mol. The van der Waals surface area contributed by atoms with Crippen molar-refractivity contribution >= 4 is 5.82 Å². The van der Waals surface area contributed by atoms with Gasteiger partial charge in [0.15, 0.2) is 0 Å². The normalized spacial score (nSPS) is 23.4. The van der Waals surface area contributed by atoms with Crippen molar-refractivity contribution in [1.82, 2.24) is 14.9 Å². The molecule has 1 aliphatic carbocycles. The Bertz CT molecular complexity index is 610. The van der Waals surface area contributed by atoms with Gasteiger partial charge in [-0.1, -0.05) is 20.3 Å². The van der Waals surface area contributed by atoms with E-state index in [1.807, 2.05) is 0 Å². The maximum Gasteiger partial charge on any atom is 2.00 e. The van der Waals surface area contributed by atoms with Gasteiger partial charge in [-0.25, -0.2) is 0 Å². The second-order valence-electron chi connectivity index (χ2n) is 7.90. The van der Waals surface area contributed by atoms with Gasteiger partial charge in [-0.2, -0.15) is 9.97 Å². The van der Waals surface area contributed by atoms with E-state index in [-0.39, 0.29) is 28.4 Å². The van der Waals surface area contributed by atoms with Crippen LogP contribution in [0.1, 0.15) is 50.8 Å². The molecule has 149 valence electrons. The van der Waals surface area contributed by atoms with Gasteiger partial charge in [0.1, 0.15) is 12.4 Å². The molecule has 0 bridgehead atoms. The Morgan fingerprint density at radius 1 is 1.33 bits per heavy atom. The number of fused-ring (bicyclic) bond motifs is 1. The third-order valence-corrected chi connectivity index (χ3v) is 6.03. The fourth-order valence-corrected chi connectivity index (χ4v) is 4.19. The molecule has 0 saturated carbocycles. The summed E-state index contributed by atoms with van der Waals surface area (Å²) >= 11 is 0. The molecule has 3 atom stereocenters. The number of likely N-dealkylation sites (N-methyl/N-ethyl adjacent to an activating group) is 1. The van der Waals surface area contributed by atoms with Crippen LogP contribution in [0.2, 0.25) is 0 Å². The van der Waals surface area contributed by atoms with Gasteiger partial charge in [0.05, 0.1) is 5.69 Å². The van der Waals surface area contributed by atoms with Crippen LogP contribution in [0.3, 0.4) is 0 Å². The Morgan fingerprint density at radius 3 is 2.70 bits per heavy atom. The Kier molecular flexibility index (Phi) is 8.60. The fraction of sp³-hybridized carbons (Fsp3) is 0.714. The van der Waals surface area contributed by atoms with Gasteiger partial charge in [-0.3, -0.25) is 0 Å². The monoisotopic (exact) mass is 451 g/mol. The summed E-state index contributed by atoms with van der Waals surface area (Å²) in [4.78, 5) is 14.2. The summed E-state index contributed by atoms with van der Waals surface area (Å²) < 4.78 is 6.08. The molecule has 1 fully saturated rings. The third kappa shape index (κ3) is 5.26. The van der Waals surface area contributed by atoms with E-state index in [2.05, 4.69) is 44.5 Å². The number of anilines is 1. The summed E-state index contributed by atoms with van der Waals surface area (Å²) in [5.41, 5.74) is 2.45. The molecule has 1 aliphatic heterocycles. The molecule has 0 N–H and O–H groups in total. The van der Waals surface area contributed by atoms with Crippen molar-refractivity contribution in [3.05, 3.63) is 25.1 Å². The van der Waals surface area contributed by atoms with E-state index in [9.17, 15) is 0 Å². The van der Waals surface area contributed by atoms with Crippen molar-refractivity contribution in [1.29, 1.82) is 0 Å². The summed E-state index contributed by atoms with van der Waals surface area (Å²) in [5.74, 6) is 1.70. The number of aromatic nitrogens is 2. The smallest absolute Gasteiger partial charge is 0.462 e. The number of hydrogen-bond donors (Lipinski definition) is 0. The molecule has 3 rings (SSSR count). The van der Waals surface area contributed by atoms with Gasteiger partial charge in [0.2, 0.25) is 0 Å². The predicted octanol–water partition coefficient (Wildman–Crippen LogP) is 3.33. The molecule has 1 radical (unpaired) electrons. The van der Waals surface area contributed by atoms with E-state index in [0.29, 0.717) is 31.1 Å². The van der Waals surface area contributed by atoms with Crippen LogP contribution in [-0.2, 0) is 35.2 Å². The first kappa shape index (κ1) is 22.7. The molecule has 1 aromatic heterocycles. The quantitative estimate of drug-likeness (QED) is 0.470. The van der Waals surface area contributed by atoms with E-state index < -0.39 is 0 Å². The summed E-state index contributed by atoms with van der Waals surface area (Å²) in [6, 6.07) is 1.11. The molecule has 1 aromatic rings. The molecule has 0 spiro atoms. The Labute approximate surface area is 180 Å². The van der Waals surface area contributed by atoms with Crippen molar-refractivity contribution in [2.24, 2.45) is 5.92 Å². The number of likely N-dealkylation sites (tertiary alicyclic amines) is 1. The average Bonchev–Trinajstić information content (AvgIpc) is 3.04. The fourth-order valence-electron chi connectivity index (χ4n) is 4.19. The van der Waals surface area contributed by atoms with Crippen LogP contribution in [0.5, 0.6) is 6.01 Å². The van der Waals surface area contributed by atoms with E-state index in [0.717, 1.165) is 25.2 Å². The summed E-state index contributed by atoms with van der Waals surface area (Å²) in [6.45, 7) is 15.1. The minimum atomic E-state index is 0. The summed E-state index contributed by atoms with van der Waals surface area (Å²) in [7, 11) is 2.17. The topological polar surface area (TPSA) is 41.5 Å². The summed E-state index contributed by atoms with van der Waals surface area (Å²) in [5, 5.41) is 0. The molecule has 2 aliphatic rings. The zero-order chi connectivity index (χ0) is 18.7. The first-order valence-corrected chi connectivity index (χ1v) is 10.1. The van der Waals surface area contributed by atoms with Crippen LogP contribution in [0.15, 0.2) is 0 Å². The standard InChI is InChI=1S/C21H34N4O.Nb/c1-6-16-10-11-18-19(13-16)22-21(23-20(18)25(7-2)15(3)4)26-14-17-9-8-12-24(17)5;/h15-17H,2-3,6-14H2,1,4-5H3;/q-2;+2/t15-,16?,17+;/m1./s1. The molecule has 0 amide bonds. The Balaban J connectivity index is 0.00000261. The Morgan fingerprint density at radius 2 is 2.11 bits per heavy atom. The van der Waals surface area contributed by atoms with Crippen LogP contribution < -0.4 is 9.64 Å². The second kappa shape index (κ2) is 10.2. The van der Waals surface area contributed by atoms with E-state index in [4.69, 9.17) is 14.7 Å². The molecule has 1 unspecified atom stereocenters. The largest absolute Gasteiger partial charge is 2.00 e. The minimum Gasteiger partial charge on any atom is -0.462 e. The molecule has 1 saturated heterocycles. The van der Waals surface area contributed by atoms with Crippen molar-refractivity contribution in [2.45, 2.75) is 64.5 Å². The van der Waals surface area contributed by atoms with Gasteiger partial charge in [-0.15, -0.1) is 12.6 Å². The van der Waals surface area contributed by atoms with E-state index in [1.54, 1.807) is 0 Å². The SMILES string of the molecule is [CH2-]CN(c1nc(OC[C@@H]2CCCN2C)nc2c1CCC(CC)C2)[C@H]([CH2-])C.[Nb+2]. The molecule has 5 nitrogen and oxygen atoms in total. The molecule has 2 heterocycles. The average molecular weight is 451 g/mol. The molecule has 27 heavy (non-hydrogen) atoms. The van der Waals surface area contributed by atoms with Crippen LogP contribution in [-0.4, -0.2) is 53.7 Å². The minimum absolute atomic E-state index is 0. The molecular formula is C21H34N4NbO. The molecule has 0 aromatic carbocycles. The van der Waals surface area contributed by atoms with Crippen LogP contribution in [0.4, 0.5) is 5.82 Å². The van der Waals surface area contributed by atoms with E-state index in [1.165, 1.54) is 36.9 Å². The van der Waals surface area contributed by atoms with Crippen LogP contribution >= 0.6 is 0 Å². The number of rotatable bonds is 7. The van der Waals surface area contributed by atoms with Gasteiger partial charge < -0.3 is 28.4 Å². The van der Waals surface area contributed by atoms with Crippen molar-refractivity contribution in [2.75, 3.05) is 31.6 Å². The number of hydrogen-bond acceptors (Lipinski definition) is 5. The number of ether oxygens (including phenoxy) is 1. The first-order valence-electron chi connectivity index (χ1n) is 10.1. The van der Waals surface area contributed by atoms with E-state index >= 15 is 0 Å². The van der Waals surface area contributed by atoms with Crippen LogP contribution in [0, 0.1) is 19.8 Å². The maximum absolute atomic E-state index is 6.08. The summed E-state index contributed by atoms with van der Waals surface area (Å²) in [6.07, 6.45) is 6.91. The van der Waals surface area contributed by atoms with Gasteiger partial charge in [0.25, 0.3) is 0 Å². The zero-order valence-corrected chi connectivity index (χ0v) is 19.4. The van der Waals surface area contributed by atoms with Crippen molar-refractivity contribution in [3.8, 4) is 6.01 Å². The van der Waals surface area contributed by atoms with Crippen molar-refractivity contribution in [3.63, 3.8) is 0 Å². The van der Waals surface area contributed by atoms with Gasteiger partial charge >= 0.3 is 28.4 Å². The molecular weight excluding hydrogens is 417 g/mol. The third-order valence-electron chi connectivity index (χ3n) is 6.03. The number of nitrogens with zero attached hydrogens (tertiary/aromatic N) is 4. The van der Waals surface area contributed by atoms with Crippen LogP contribution in [0.25, 0.3) is 0 Å².